The Kier molecular flexibility index (Phi) is 2.99. The van der Waals surface area contributed by atoms with Gasteiger partial charge in [0.15, 0.2) is 0 Å². The Morgan fingerprint density at radius 3 is 2.09 bits per heavy atom. The maximum Gasteiger partial charge on any atom is 0.210 e. The van der Waals surface area contributed by atoms with Crippen LogP contribution >= 0.6 is 29.3 Å². The van der Waals surface area contributed by atoms with E-state index in [1.165, 1.54) is 0 Å². The lowest BCUT2D eigenvalue weighted by Crippen LogP contribution is -2.20. The van der Waals surface area contributed by atoms with Crippen molar-refractivity contribution < 1.29 is 0 Å². The molecule has 0 bridgehead atoms. The highest BCUT2D eigenvalue weighted by Crippen LogP contribution is 2.47. The van der Waals surface area contributed by atoms with Crippen LogP contribution in [-0.2, 0) is 14.1 Å². The first-order valence-corrected chi connectivity index (χ1v) is 6.06. The van der Waals surface area contributed by atoms with Gasteiger partial charge in [-0.25, -0.2) is 0 Å². The third kappa shape index (κ3) is 2.22. The Bertz CT molecular complexity index is 278. The average Bonchev–Trinajstić information content (AvgIpc) is 2.18. The fraction of sp³-hybridized carbons (Fsp3) is 0.400. The Balaban J connectivity index is 3.20. The van der Waals surface area contributed by atoms with E-state index >= 15 is 0 Å². The van der Waals surface area contributed by atoms with Crippen molar-refractivity contribution in [3.05, 3.63) is 18.0 Å². The highest BCUT2D eigenvalue weighted by atomic mass is 35.9. The van der Waals surface area contributed by atoms with Crippen molar-refractivity contribution in [2.45, 2.75) is 0 Å². The normalized spacial score (nSPS) is 10.6. The number of aromatic nitrogens is 2. The number of aryl methyl sites for hydroxylation is 2. The maximum absolute atomic E-state index is 5.55. The third-order valence-electron chi connectivity index (χ3n) is 1.31. The van der Waals surface area contributed by atoms with Gasteiger partial charge in [0.2, 0.25) is 12.4 Å². The predicted molar refractivity (Wildman–Crippen MR) is 48.6 cm³/mol. The molecule has 0 unspecified atom stereocenters. The Hall–Kier alpha value is 0.0200. The molecule has 1 rings (SSSR count). The molecular formula is C5H8Cl2N3P. The summed E-state index contributed by atoms with van der Waals surface area (Å²) in [7, 11) is 3.79. The van der Waals surface area contributed by atoms with Crippen molar-refractivity contribution in [1.29, 1.82) is 0 Å². The summed E-state index contributed by atoms with van der Waals surface area (Å²) in [6.07, 6.45) is 3.79. The van der Waals surface area contributed by atoms with Crippen molar-refractivity contribution >= 4 is 29.3 Å². The summed E-state index contributed by atoms with van der Waals surface area (Å²) in [4.78, 5) is 0. The molecule has 0 fully saturated rings. The second kappa shape index (κ2) is 3.61. The fourth-order valence-electron chi connectivity index (χ4n) is 0.791. The van der Waals surface area contributed by atoms with Crippen LogP contribution in [0.5, 0.6) is 0 Å². The van der Waals surface area contributed by atoms with Crippen LogP contribution in [0.4, 0.5) is 0 Å². The van der Waals surface area contributed by atoms with Crippen molar-refractivity contribution in [2.75, 3.05) is 0 Å². The van der Waals surface area contributed by atoms with Gasteiger partial charge in [0.05, 0.1) is 0 Å². The topological polar surface area (TPSA) is 22.2 Å². The minimum atomic E-state index is -1.26. The molecular weight excluding hydrogens is 204 g/mol. The van der Waals surface area contributed by atoms with E-state index in [0.717, 1.165) is 5.62 Å². The zero-order valence-corrected chi connectivity index (χ0v) is 8.61. The van der Waals surface area contributed by atoms with Crippen LogP contribution in [0.15, 0.2) is 17.2 Å². The lowest BCUT2D eigenvalue weighted by molar-refractivity contribution is 0.754. The minimum Gasteiger partial charge on any atom is -0.320 e. The highest BCUT2D eigenvalue weighted by molar-refractivity contribution is 8.02. The summed E-state index contributed by atoms with van der Waals surface area (Å²) in [5.74, 6) is 0. The van der Waals surface area contributed by atoms with E-state index in [2.05, 4.69) is 4.76 Å². The molecule has 1 heterocycles. The monoisotopic (exact) mass is 211 g/mol. The molecule has 62 valence electrons. The van der Waals surface area contributed by atoms with Crippen LogP contribution in [-0.4, -0.2) is 9.13 Å². The number of hydrogen-bond donors (Lipinski definition) is 0. The van der Waals surface area contributed by atoms with Gasteiger partial charge in [0.25, 0.3) is 0 Å². The minimum absolute atomic E-state index is 0.779. The molecule has 0 aliphatic heterocycles. The van der Waals surface area contributed by atoms with Gasteiger partial charge >= 0.3 is 0 Å². The first-order valence-electron chi connectivity index (χ1n) is 2.95. The van der Waals surface area contributed by atoms with E-state index in [1.807, 2.05) is 35.6 Å². The summed E-state index contributed by atoms with van der Waals surface area (Å²) in [5.41, 5.74) is 0.779. The van der Waals surface area contributed by atoms with Crippen molar-refractivity contribution in [3.8, 4) is 0 Å². The van der Waals surface area contributed by atoms with Crippen LogP contribution in [0.2, 0.25) is 0 Å². The van der Waals surface area contributed by atoms with Gasteiger partial charge in [-0.1, -0.05) is 22.5 Å². The number of hydrogen-bond acceptors (Lipinski definition) is 1. The molecule has 0 radical (unpaired) electrons. The van der Waals surface area contributed by atoms with Crippen molar-refractivity contribution in [3.63, 3.8) is 0 Å². The molecule has 0 spiro atoms. The molecule has 0 aromatic carbocycles. The molecule has 0 saturated carbocycles. The van der Waals surface area contributed by atoms with Gasteiger partial charge in [-0.05, 0) is 0 Å². The number of halogens is 2. The quantitative estimate of drug-likeness (QED) is 0.635. The average molecular weight is 212 g/mol. The predicted octanol–water partition coefficient (Wildman–Crippen LogP) is 1.97. The summed E-state index contributed by atoms with van der Waals surface area (Å²) >= 11 is 11.1. The first kappa shape index (κ1) is 9.11. The van der Waals surface area contributed by atoms with E-state index in [-0.39, 0.29) is 0 Å². The molecule has 1 aromatic heterocycles. The molecule has 1 aromatic rings. The summed E-state index contributed by atoms with van der Waals surface area (Å²) in [6, 6.07) is 0. The second-order valence-corrected chi connectivity index (χ2v) is 5.21. The Morgan fingerprint density at radius 1 is 1.27 bits per heavy atom. The van der Waals surface area contributed by atoms with E-state index in [0.29, 0.717) is 0 Å². The number of imidazole rings is 1. The van der Waals surface area contributed by atoms with Gasteiger partial charge < -0.3 is 9.13 Å². The van der Waals surface area contributed by atoms with E-state index in [9.17, 15) is 0 Å². The van der Waals surface area contributed by atoms with E-state index < -0.39 is 6.78 Å². The van der Waals surface area contributed by atoms with Crippen LogP contribution < -0.4 is 5.62 Å². The lowest BCUT2D eigenvalue weighted by Gasteiger charge is -1.94. The van der Waals surface area contributed by atoms with Crippen LogP contribution in [0, 0.1) is 0 Å². The molecule has 0 saturated heterocycles. The Labute approximate surface area is 75.7 Å². The van der Waals surface area contributed by atoms with Gasteiger partial charge in [-0.3, -0.25) is 0 Å². The van der Waals surface area contributed by atoms with E-state index in [1.54, 1.807) is 0 Å². The van der Waals surface area contributed by atoms with E-state index in [4.69, 9.17) is 22.5 Å². The third-order valence-corrected chi connectivity index (χ3v) is 2.09. The van der Waals surface area contributed by atoms with Gasteiger partial charge in [-0.2, -0.15) is 4.76 Å². The van der Waals surface area contributed by atoms with Crippen LogP contribution in [0.25, 0.3) is 0 Å². The molecule has 11 heavy (non-hydrogen) atoms. The SMILES string of the molecule is Cn1ccn(C)c1=NP(Cl)Cl. The first-order chi connectivity index (χ1) is 5.11. The van der Waals surface area contributed by atoms with Crippen molar-refractivity contribution in [1.82, 2.24) is 9.13 Å². The molecule has 0 aliphatic rings. The number of nitrogens with zero attached hydrogens (tertiary/aromatic N) is 3. The zero-order valence-electron chi connectivity index (χ0n) is 6.20. The molecule has 0 aliphatic carbocycles. The molecule has 0 N–H and O–H groups in total. The van der Waals surface area contributed by atoms with Gasteiger partial charge in [-0.15, -0.1) is 0 Å². The van der Waals surface area contributed by atoms with Crippen molar-refractivity contribution in [2.24, 2.45) is 18.9 Å². The summed E-state index contributed by atoms with van der Waals surface area (Å²) in [5, 5.41) is 0. The molecule has 3 nitrogen and oxygen atoms in total. The summed E-state index contributed by atoms with van der Waals surface area (Å²) < 4.78 is 7.76. The van der Waals surface area contributed by atoms with Crippen LogP contribution in [0.1, 0.15) is 0 Å². The zero-order chi connectivity index (χ0) is 8.43. The van der Waals surface area contributed by atoms with Gasteiger partial charge in [0, 0.05) is 26.5 Å². The second-order valence-electron chi connectivity index (χ2n) is 2.14. The molecule has 0 amide bonds. The fourth-order valence-corrected chi connectivity index (χ4v) is 1.61. The molecule has 6 heteroatoms. The molecule has 0 atom stereocenters. The summed E-state index contributed by atoms with van der Waals surface area (Å²) in [6.45, 7) is -1.26. The maximum atomic E-state index is 5.55. The van der Waals surface area contributed by atoms with Crippen LogP contribution in [0.3, 0.4) is 0 Å². The lowest BCUT2D eigenvalue weighted by atomic mass is 10.9. The highest BCUT2D eigenvalue weighted by Gasteiger charge is 1.96. The van der Waals surface area contributed by atoms with Gasteiger partial charge in [0.1, 0.15) is 0 Å². The smallest absolute Gasteiger partial charge is 0.210 e. The standard InChI is InChI=1S/C5H8Cl2N3P/c1-9-3-4-10(2)5(9)8-11(6)7/h3-4H,1-2H3. The number of rotatable bonds is 1. The Morgan fingerprint density at radius 2 is 1.73 bits per heavy atom. The largest absolute Gasteiger partial charge is 0.320 e.